The highest BCUT2D eigenvalue weighted by atomic mass is 32.2. The first kappa shape index (κ1) is 18.8. The van der Waals surface area contributed by atoms with Gasteiger partial charge in [-0.1, -0.05) is 12.1 Å². The van der Waals surface area contributed by atoms with Crippen LogP contribution in [-0.4, -0.2) is 30.1 Å². The number of pyridine rings is 2. The van der Waals surface area contributed by atoms with Gasteiger partial charge in [0.05, 0.1) is 11.8 Å². The molecule has 0 bridgehead atoms. The van der Waals surface area contributed by atoms with E-state index in [1.165, 1.54) is 4.57 Å². The molecular formula is C19H19N3O4S. The van der Waals surface area contributed by atoms with Gasteiger partial charge in [-0.15, -0.1) is 0 Å². The summed E-state index contributed by atoms with van der Waals surface area (Å²) in [5.74, 6) is -0.577. The van der Waals surface area contributed by atoms with E-state index < -0.39 is 15.9 Å². The Labute approximate surface area is 156 Å². The molecule has 140 valence electrons. The number of hydrogen-bond acceptors (Lipinski definition) is 5. The average Bonchev–Trinajstić information content (AvgIpc) is 2.61. The van der Waals surface area contributed by atoms with Crippen LogP contribution in [0, 0.1) is 0 Å². The van der Waals surface area contributed by atoms with Gasteiger partial charge in [0.2, 0.25) is 15.9 Å². The molecule has 2 aromatic heterocycles. The molecule has 0 aliphatic carbocycles. The Morgan fingerprint density at radius 3 is 2.67 bits per heavy atom. The van der Waals surface area contributed by atoms with E-state index in [0.29, 0.717) is 13.0 Å². The molecule has 3 rings (SSSR count). The highest BCUT2D eigenvalue weighted by Gasteiger charge is 2.08. The molecule has 1 aromatic carbocycles. The normalized spacial score (nSPS) is 11.4. The summed E-state index contributed by atoms with van der Waals surface area (Å²) in [6.45, 7) is 0.331. The van der Waals surface area contributed by atoms with Gasteiger partial charge in [-0.05, 0) is 41.8 Å². The lowest BCUT2D eigenvalue weighted by atomic mass is 10.0. The Morgan fingerprint density at radius 1 is 1.15 bits per heavy atom. The number of carbonyl (C=O) groups is 1. The number of carbonyl (C=O) groups excluding carboxylic acids is 1. The van der Waals surface area contributed by atoms with E-state index in [0.717, 1.165) is 28.3 Å². The maximum Gasteiger partial charge on any atom is 0.251 e. The molecule has 1 N–H and O–H groups in total. The fourth-order valence-electron chi connectivity index (χ4n) is 2.80. The summed E-state index contributed by atoms with van der Waals surface area (Å²) >= 11 is 0. The monoisotopic (exact) mass is 385 g/mol. The Morgan fingerprint density at radius 2 is 1.93 bits per heavy atom. The second-order valence-electron chi connectivity index (χ2n) is 6.26. The highest BCUT2D eigenvalue weighted by Crippen LogP contribution is 2.22. The minimum Gasteiger partial charge on any atom is -0.315 e. The minimum atomic E-state index is -3.55. The molecule has 0 fully saturated rings. The van der Waals surface area contributed by atoms with Crippen LogP contribution >= 0.6 is 0 Å². The predicted molar refractivity (Wildman–Crippen MR) is 104 cm³/mol. The van der Waals surface area contributed by atoms with Gasteiger partial charge < -0.3 is 4.57 Å². The van der Waals surface area contributed by atoms with Crippen molar-refractivity contribution in [3.8, 4) is 11.1 Å². The summed E-state index contributed by atoms with van der Waals surface area (Å²) < 4.78 is 25.4. The molecule has 0 aliphatic rings. The maximum atomic E-state index is 12.3. The van der Waals surface area contributed by atoms with Crippen molar-refractivity contribution in [3.63, 3.8) is 0 Å². The summed E-state index contributed by atoms with van der Waals surface area (Å²) in [7, 11) is -3.55. The van der Waals surface area contributed by atoms with Crippen molar-refractivity contribution in [3.05, 3.63) is 65.2 Å². The summed E-state index contributed by atoms with van der Waals surface area (Å²) in [6.07, 6.45) is 4.73. The van der Waals surface area contributed by atoms with Crippen LogP contribution in [0.4, 0.5) is 0 Å². The first-order valence-electron chi connectivity index (χ1n) is 8.38. The van der Waals surface area contributed by atoms with Crippen molar-refractivity contribution in [2.45, 2.75) is 19.4 Å². The zero-order valence-corrected chi connectivity index (χ0v) is 15.6. The van der Waals surface area contributed by atoms with E-state index in [1.54, 1.807) is 18.5 Å². The summed E-state index contributed by atoms with van der Waals surface area (Å²) in [5.41, 5.74) is 2.44. The third-order valence-electron chi connectivity index (χ3n) is 4.03. The smallest absolute Gasteiger partial charge is 0.251 e. The molecule has 27 heavy (non-hydrogen) atoms. The zero-order valence-electron chi connectivity index (χ0n) is 14.8. The van der Waals surface area contributed by atoms with Crippen LogP contribution < -0.4 is 10.3 Å². The van der Waals surface area contributed by atoms with E-state index in [2.05, 4.69) is 4.98 Å². The van der Waals surface area contributed by atoms with Crippen molar-refractivity contribution in [2.24, 2.45) is 0 Å². The summed E-state index contributed by atoms with van der Waals surface area (Å²) in [4.78, 5) is 28.1. The number of fused-ring (bicyclic) bond motifs is 1. The summed E-state index contributed by atoms with van der Waals surface area (Å²) in [6, 6.07) is 13.0. The van der Waals surface area contributed by atoms with Gasteiger partial charge in [0.1, 0.15) is 0 Å². The molecule has 8 heteroatoms. The first-order chi connectivity index (χ1) is 12.8. The molecule has 7 nitrogen and oxygen atoms in total. The molecule has 0 spiro atoms. The topological polar surface area (TPSA) is 98.1 Å². The SMILES string of the molecule is CS(=O)(=O)NC(=O)CCCn1ccc(-c2ccc3ncccc3c2)cc1=O. The molecule has 3 aromatic rings. The number of aromatic nitrogens is 2. The van der Waals surface area contributed by atoms with Crippen LogP contribution in [0.2, 0.25) is 0 Å². The van der Waals surface area contributed by atoms with Crippen molar-refractivity contribution < 1.29 is 13.2 Å². The highest BCUT2D eigenvalue weighted by molar-refractivity contribution is 7.89. The lowest BCUT2D eigenvalue weighted by Crippen LogP contribution is -2.29. The molecule has 0 radical (unpaired) electrons. The van der Waals surface area contributed by atoms with Crippen LogP contribution in [0.15, 0.2) is 59.7 Å². The van der Waals surface area contributed by atoms with E-state index in [1.807, 2.05) is 41.1 Å². The van der Waals surface area contributed by atoms with Gasteiger partial charge in [0, 0.05) is 36.8 Å². The lowest BCUT2D eigenvalue weighted by Gasteiger charge is -2.08. The molecule has 0 unspecified atom stereocenters. The van der Waals surface area contributed by atoms with Crippen LogP contribution in [0.25, 0.3) is 22.0 Å². The second-order valence-corrected chi connectivity index (χ2v) is 8.01. The largest absolute Gasteiger partial charge is 0.315 e. The van der Waals surface area contributed by atoms with Crippen molar-refractivity contribution >= 4 is 26.8 Å². The van der Waals surface area contributed by atoms with E-state index in [4.69, 9.17) is 0 Å². The maximum absolute atomic E-state index is 12.3. The van der Waals surface area contributed by atoms with E-state index in [-0.39, 0.29) is 12.0 Å². The predicted octanol–water partition coefficient (Wildman–Crippen LogP) is 1.92. The molecule has 0 aliphatic heterocycles. The average molecular weight is 385 g/mol. The van der Waals surface area contributed by atoms with Gasteiger partial charge >= 0.3 is 0 Å². The number of benzene rings is 1. The zero-order chi connectivity index (χ0) is 19.4. The van der Waals surface area contributed by atoms with Gasteiger partial charge in [0.15, 0.2) is 0 Å². The number of nitrogens with one attached hydrogen (secondary N) is 1. The van der Waals surface area contributed by atoms with Crippen LogP contribution in [0.1, 0.15) is 12.8 Å². The standard InChI is InChI=1S/C19H19N3O4S/c1-27(25,26)21-18(23)5-3-10-22-11-8-15(13-19(22)24)14-6-7-17-16(12-14)4-2-9-20-17/h2,4,6-9,11-13H,3,5,10H2,1H3,(H,21,23). The number of amides is 1. The second kappa shape index (κ2) is 7.71. The van der Waals surface area contributed by atoms with Crippen LogP contribution in [-0.2, 0) is 21.4 Å². The quantitative estimate of drug-likeness (QED) is 0.699. The molecule has 0 saturated carbocycles. The van der Waals surface area contributed by atoms with Gasteiger partial charge in [-0.3, -0.25) is 19.3 Å². The Balaban J connectivity index is 1.70. The number of hydrogen-bond donors (Lipinski definition) is 1. The molecule has 1 amide bonds. The van der Waals surface area contributed by atoms with Crippen molar-refractivity contribution in [2.75, 3.05) is 6.26 Å². The number of aryl methyl sites for hydroxylation is 1. The lowest BCUT2D eigenvalue weighted by molar-refractivity contribution is -0.119. The first-order valence-corrected chi connectivity index (χ1v) is 10.3. The van der Waals surface area contributed by atoms with Gasteiger partial charge in [-0.2, -0.15) is 0 Å². The van der Waals surface area contributed by atoms with Gasteiger partial charge in [-0.25, -0.2) is 8.42 Å². The van der Waals surface area contributed by atoms with Gasteiger partial charge in [0.25, 0.3) is 5.56 Å². The number of nitrogens with zero attached hydrogens (tertiary/aromatic N) is 2. The number of sulfonamides is 1. The fourth-order valence-corrected chi connectivity index (χ4v) is 3.31. The fraction of sp³-hybridized carbons (Fsp3) is 0.211. The third-order valence-corrected chi connectivity index (χ3v) is 4.63. The number of rotatable bonds is 6. The van der Waals surface area contributed by atoms with Crippen LogP contribution in [0.3, 0.4) is 0 Å². The molecule has 0 saturated heterocycles. The molecule has 2 heterocycles. The molecular weight excluding hydrogens is 366 g/mol. The van der Waals surface area contributed by atoms with Crippen LogP contribution in [0.5, 0.6) is 0 Å². The van der Waals surface area contributed by atoms with E-state index >= 15 is 0 Å². The Bertz CT molecular complexity index is 1150. The third kappa shape index (κ3) is 5.01. The van der Waals surface area contributed by atoms with E-state index in [9.17, 15) is 18.0 Å². The molecule has 0 atom stereocenters. The minimum absolute atomic E-state index is 0.0267. The Hall–Kier alpha value is -3.00. The summed E-state index contributed by atoms with van der Waals surface area (Å²) in [5, 5.41) is 0.996. The van der Waals surface area contributed by atoms with Crippen molar-refractivity contribution in [1.29, 1.82) is 0 Å². The van der Waals surface area contributed by atoms with Crippen molar-refractivity contribution in [1.82, 2.24) is 14.3 Å². The Kier molecular flexibility index (Phi) is 5.36.